The van der Waals surface area contributed by atoms with Crippen LogP contribution in [0.15, 0.2) is 0 Å². The van der Waals surface area contributed by atoms with E-state index in [1.54, 1.807) is 0 Å². The predicted octanol–water partition coefficient (Wildman–Crippen LogP) is 2.31. The molecule has 0 amide bonds. The molecule has 3 heteroatoms. The van der Waals surface area contributed by atoms with Crippen LogP contribution in [0.5, 0.6) is 0 Å². The Kier molecular flexibility index (Phi) is 4.78. The predicted molar refractivity (Wildman–Crippen MR) is 67.6 cm³/mol. The highest BCUT2D eigenvalue weighted by atomic mass is 32.2. The molecule has 0 aromatic rings. The summed E-state index contributed by atoms with van der Waals surface area (Å²) in [5.74, 6) is 0.794. The fourth-order valence-electron chi connectivity index (χ4n) is 2.51. The highest BCUT2D eigenvalue weighted by Crippen LogP contribution is 2.37. The summed E-state index contributed by atoms with van der Waals surface area (Å²) in [6.07, 6.45) is 3.53. The van der Waals surface area contributed by atoms with Crippen molar-refractivity contribution in [3.05, 3.63) is 0 Å². The molecule has 3 unspecified atom stereocenters. The quantitative estimate of drug-likeness (QED) is 0.804. The zero-order chi connectivity index (χ0) is 11.5. The van der Waals surface area contributed by atoms with Gasteiger partial charge in [0, 0.05) is 22.6 Å². The lowest BCUT2D eigenvalue weighted by Crippen LogP contribution is -2.48. The fourth-order valence-corrected chi connectivity index (χ4v) is 4.17. The molecule has 1 saturated carbocycles. The number of hydrogen-bond donors (Lipinski definition) is 1. The Bertz CT molecular complexity index is 228. The van der Waals surface area contributed by atoms with Gasteiger partial charge in [-0.3, -0.25) is 4.21 Å². The first kappa shape index (κ1) is 13.2. The minimum Gasteiger partial charge on any atom is -0.313 e. The van der Waals surface area contributed by atoms with Crippen molar-refractivity contribution in [1.29, 1.82) is 0 Å². The lowest BCUT2D eigenvalue weighted by molar-refractivity contribution is 0.213. The van der Waals surface area contributed by atoms with Gasteiger partial charge in [0.1, 0.15) is 0 Å². The largest absolute Gasteiger partial charge is 0.313 e. The lowest BCUT2D eigenvalue weighted by Gasteiger charge is -2.40. The normalized spacial score (nSPS) is 32.5. The summed E-state index contributed by atoms with van der Waals surface area (Å²) in [6, 6.07) is 0.476. The third-order valence-corrected chi connectivity index (χ3v) is 5.16. The number of rotatable bonds is 4. The lowest BCUT2D eigenvalue weighted by atomic mass is 9.75. The molecule has 0 saturated heterocycles. The van der Waals surface area contributed by atoms with Gasteiger partial charge in [0.15, 0.2) is 0 Å². The minimum atomic E-state index is -0.654. The van der Waals surface area contributed by atoms with Crippen LogP contribution < -0.4 is 5.32 Å². The third kappa shape index (κ3) is 3.56. The maximum atomic E-state index is 12.0. The van der Waals surface area contributed by atoms with Crippen molar-refractivity contribution in [2.75, 3.05) is 12.3 Å². The summed E-state index contributed by atoms with van der Waals surface area (Å²) in [5, 5.41) is 3.85. The summed E-state index contributed by atoms with van der Waals surface area (Å²) in [7, 11) is -0.654. The second kappa shape index (κ2) is 5.44. The van der Waals surface area contributed by atoms with E-state index in [4.69, 9.17) is 0 Å². The maximum absolute atomic E-state index is 12.0. The molecule has 1 rings (SSSR count). The van der Waals surface area contributed by atoms with Crippen molar-refractivity contribution in [2.45, 2.75) is 58.2 Å². The summed E-state index contributed by atoms with van der Waals surface area (Å²) in [6.45, 7) is 9.75. The molecule has 2 nitrogen and oxygen atoms in total. The van der Waals surface area contributed by atoms with E-state index in [2.05, 4.69) is 26.1 Å². The molecular weight excluding hydrogens is 206 g/mol. The second-order valence-electron chi connectivity index (χ2n) is 5.28. The van der Waals surface area contributed by atoms with Crippen LogP contribution in [0.3, 0.4) is 0 Å². The zero-order valence-corrected chi connectivity index (χ0v) is 11.3. The molecule has 0 heterocycles. The van der Waals surface area contributed by atoms with Gasteiger partial charge >= 0.3 is 0 Å². The Hall–Kier alpha value is 0.110. The molecule has 1 fully saturated rings. The molecule has 0 aromatic heterocycles. The molecule has 15 heavy (non-hydrogen) atoms. The molecular formula is C12H25NOS. The van der Waals surface area contributed by atoms with Crippen LogP contribution in [0.1, 0.15) is 47.0 Å². The summed E-state index contributed by atoms with van der Waals surface area (Å²) in [5.41, 5.74) is 0.376. The van der Waals surface area contributed by atoms with E-state index in [0.29, 0.717) is 16.7 Å². The summed E-state index contributed by atoms with van der Waals surface area (Å²) < 4.78 is 12.0. The van der Waals surface area contributed by atoms with Gasteiger partial charge < -0.3 is 5.32 Å². The van der Waals surface area contributed by atoms with Gasteiger partial charge in [-0.25, -0.2) is 0 Å². The number of nitrogens with one attached hydrogen (secondary N) is 1. The average molecular weight is 231 g/mol. The van der Waals surface area contributed by atoms with Crippen LogP contribution in [0.25, 0.3) is 0 Å². The topological polar surface area (TPSA) is 29.1 Å². The van der Waals surface area contributed by atoms with E-state index in [-0.39, 0.29) is 0 Å². The molecule has 0 aromatic carbocycles. The van der Waals surface area contributed by atoms with Gasteiger partial charge in [-0.05, 0) is 31.2 Å². The van der Waals surface area contributed by atoms with Crippen molar-refractivity contribution in [2.24, 2.45) is 5.41 Å². The third-order valence-electron chi connectivity index (χ3n) is 3.42. The first-order valence-electron chi connectivity index (χ1n) is 6.10. The van der Waals surface area contributed by atoms with Crippen molar-refractivity contribution < 1.29 is 4.21 Å². The van der Waals surface area contributed by atoms with Crippen LogP contribution in [0.2, 0.25) is 0 Å². The first-order chi connectivity index (χ1) is 7.00. The Balaban J connectivity index is 2.69. The van der Waals surface area contributed by atoms with E-state index in [0.717, 1.165) is 18.7 Å². The Labute approximate surface area is 96.7 Å². The highest BCUT2D eigenvalue weighted by Gasteiger charge is 2.36. The molecule has 1 aliphatic carbocycles. The van der Waals surface area contributed by atoms with Crippen LogP contribution in [-0.4, -0.2) is 27.8 Å². The van der Waals surface area contributed by atoms with Gasteiger partial charge in [-0.2, -0.15) is 0 Å². The van der Waals surface area contributed by atoms with Crippen LogP contribution in [-0.2, 0) is 10.8 Å². The fraction of sp³-hybridized carbons (Fsp3) is 1.00. The van der Waals surface area contributed by atoms with Crippen molar-refractivity contribution in [3.8, 4) is 0 Å². The van der Waals surface area contributed by atoms with Crippen molar-refractivity contribution >= 4 is 10.8 Å². The molecule has 0 aliphatic heterocycles. The highest BCUT2D eigenvalue weighted by molar-refractivity contribution is 7.85. The molecule has 0 bridgehead atoms. The molecule has 1 N–H and O–H groups in total. The molecule has 1 aliphatic rings. The van der Waals surface area contributed by atoms with E-state index in [1.807, 2.05) is 6.92 Å². The first-order valence-corrected chi connectivity index (χ1v) is 7.49. The Morgan fingerprint density at radius 2 is 2.07 bits per heavy atom. The standard InChI is InChI=1S/C12H25NOS/c1-5-13-10-7-8-12(3,4)9-11(10)15(14)6-2/h10-11,13H,5-9H2,1-4H3. The zero-order valence-electron chi connectivity index (χ0n) is 10.5. The van der Waals surface area contributed by atoms with Gasteiger partial charge in [0.25, 0.3) is 0 Å². The molecule has 3 atom stereocenters. The average Bonchev–Trinajstić information content (AvgIpc) is 2.19. The van der Waals surface area contributed by atoms with Gasteiger partial charge in [-0.1, -0.05) is 27.7 Å². The number of hydrogen-bond acceptors (Lipinski definition) is 2. The van der Waals surface area contributed by atoms with Crippen LogP contribution >= 0.6 is 0 Å². The van der Waals surface area contributed by atoms with E-state index in [1.165, 1.54) is 12.8 Å². The monoisotopic (exact) mass is 231 g/mol. The smallest absolute Gasteiger partial charge is 0.0506 e. The Morgan fingerprint density at radius 1 is 1.40 bits per heavy atom. The van der Waals surface area contributed by atoms with Crippen LogP contribution in [0, 0.1) is 5.41 Å². The van der Waals surface area contributed by atoms with Crippen LogP contribution in [0.4, 0.5) is 0 Å². The minimum absolute atomic E-state index is 0.360. The van der Waals surface area contributed by atoms with Gasteiger partial charge in [-0.15, -0.1) is 0 Å². The van der Waals surface area contributed by atoms with Gasteiger partial charge in [0.2, 0.25) is 0 Å². The van der Waals surface area contributed by atoms with Crippen molar-refractivity contribution in [1.82, 2.24) is 5.32 Å². The van der Waals surface area contributed by atoms with Crippen molar-refractivity contribution in [3.63, 3.8) is 0 Å². The second-order valence-corrected chi connectivity index (χ2v) is 7.22. The summed E-state index contributed by atoms with van der Waals surface area (Å²) in [4.78, 5) is 0. The Morgan fingerprint density at radius 3 is 2.60 bits per heavy atom. The summed E-state index contributed by atoms with van der Waals surface area (Å²) >= 11 is 0. The van der Waals surface area contributed by atoms with E-state index < -0.39 is 10.8 Å². The van der Waals surface area contributed by atoms with E-state index in [9.17, 15) is 4.21 Å². The maximum Gasteiger partial charge on any atom is 0.0506 e. The SMILES string of the molecule is CCNC1CCC(C)(C)CC1S(=O)CC. The molecule has 0 spiro atoms. The van der Waals surface area contributed by atoms with Gasteiger partial charge in [0.05, 0.1) is 5.25 Å². The van der Waals surface area contributed by atoms with E-state index >= 15 is 0 Å². The molecule has 0 radical (unpaired) electrons. The molecule has 90 valence electrons.